The highest BCUT2D eigenvalue weighted by Gasteiger charge is 2.16. The van der Waals surface area contributed by atoms with Crippen molar-refractivity contribution in [2.75, 3.05) is 32.8 Å². The number of hydrogen-bond donors (Lipinski definition) is 1. The molecule has 0 atom stereocenters. The van der Waals surface area contributed by atoms with E-state index in [1.807, 2.05) is 13.8 Å². The van der Waals surface area contributed by atoms with Gasteiger partial charge in [-0.05, 0) is 31.0 Å². The summed E-state index contributed by atoms with van der Waals surface area (Å²) in [5.74, 6) is 1.73. The van der Waals surface area contributed by atoms with Crippen molar-refractivity contribution < 1.29 is 23.7 Å². The summed E-state index contributed by atoms with van der Waals surface area (Å²) < 4.78 is 22.0. The minimum absolute atomic E-state index is 0.314. The fraction of sp³-hybridized carbons (Fsp3) is 0.381. The van der Waals surface area contributed by atoms with Gasteiger partial charge in [0.2, 0.25) is 0 Å². The van der Waals surface area contributed by atoms with Crippen LogP contribution in [0.5, 0.6) is 23.0 Å². The van der Waals surface area contributed by atoms with E-state index in [4.69, 9.17) is 30.5 Å². The first-order valence-electron chi connectivity index (χ1n) is 9.16. The topological polar surface area (TPSA) is 66.0 Å². The average molecular weight is 408 g/mol. The molecule has 0 fully saturated rings. The highest BCUT2D eigenvalue weighted by atomic mass is 35.5. The molecule has 0 saturated heterocycles. The number of carbonyl (C=O) groups excluding carboxylic acids is 1. The second-order valence-electron chi connectivity index (χ2n) is 6.00. The monoisotopic (exact) mass is 407 g/mol. The molecule has 1 N–H and O–H groups in total. The third-order valence-electron chi connectivity index (χ3n) is 3.85. The highest BCUT2D eigenvalue weighted by molar-refractivity contribution is 6.32. The van der Waals surface area contributed by atoms with E-state index in [9.17, 15) is 4.79 Å². The van der Waals surface area contributed by atoms with Gasteiger partial charge in [0.15, 0.2) is 11.5 Å². The zero-order valence-corrected chi connectivity index (χ0v) is 17.4. The van der Waals surface area contributed by atoms with Crippen molar-refractivity contribution in [3.63, 3.8) is 0 Å². The van der Waals surface area contributed by atoms with Crippen LogP contribution in [0.3, 0.4) is 0 Å². The molecule has 0 heterocycles. The van der Waals surface area contributed by atoms with E-state index in [2.05, 4.69) is 5.32 Å². The van der Waals surface area contributed by atoms with Gasteiger partial charge in [-0.2, -0.15) is 0 Å². The summed E-state index contributed by atoms with van der Waals surface area (Å²) in [7, 11) is 3.01. The van der Waals surface area contributed by atoms with Gasteiger partial charge in [-0.25, -0.2) is 0 Å². The van der Waals surface area contributed by atoms with Gasteiger partial charge in [-0.1, -0.05) is 25.4 Å². The summed E-state index contributed by atoms with van der Waals surface area (Å²) in [6.45, 7) is 5.16. The van der Waals surface area contributed by atoms with Crippen LogP contribution in [0.15, 0.2) is 30.3 Å². The zero-order valence-electron chi connectivity index (χ0n) is 16.6. The average Bonchev–Trinajstić information content (AvgIpc) is 2.71. The van der Waals surface area contributed by atoms with E-state index in [1.165, 1.54) is 14.2 Å². The molecule has 2 aromatic carbocycles. The van der Waals surface area contributed by atoms with Crippen molar-refractivity contribution in [3.8, 4) is 23.0 Å². The standard InChI is InChI=1S/C21H26ClNO5/c1-5-9-27-17-8-7-14(11-20(17)28-10-6-2)21(24)23-16-13-18(25-3)15(22)12-19(16)26-4/h7-8,11-13H,5-6,9-10H2,1-4H3,(H,23,24). The van der Waals surface area contributed by atoms with Gasteiger partial charge >= 0.3 is 0 Å². The molecule has 0 radical (unpaired) electrons. The quantitative estimate of drug-likeness (QED) is 0.587. The third kappa shape index (κ3) is 5.45. The highest BCUT2D eigenvalue weighted by Crippen LogP contribution is 2.36. The molecule has 0 spiro atoms. The van der Waals surface area contributed by atoms with E-state index in [0.29, 0.717) is 52.5 Å². The lowest BCUT2D eigenvalue weighted by Gasteiger charge is -2.15. The maximum atomic E-state index is 12.8. The van der Waals surface area contributed by atoms with Crippen molar-refractivity contribution in [1.29, 1.82) is 0 Å². The summed E-state index contributed by atoms with van der Waals surface area (Å²) in [5, 5.41) is 3.22. The van der Waals surface area contributed by atoms with Gasteiger partial charge in [0.1, 0.15) is 11.5 Å². The molecule has 152 valence electrons. The molecule has 6 nitrogen and oxygen atoms in total. The Labute approximate surface area is 170 Å². The molecule has 7 heteroatoms. The Balaban J connectivity index is 2.28. The molecule has 0 aliphatic heterocycles. The van der Waals surface area contributed by atoms with Gasteiger partial charge in [-0.15, -0.1) is 0 Å². The summed E-state index contributed by atoms with van der Waals surface area (Å²) >= 11 is 6.11. The van der Waals surface area contributed by atoms with Gasteiger partial charge in [0, 0.05) is 17.7 Å². The zero-order chi connectivity index (χ0) is 20.5. The summed E-state index contributed by atoms with van der Waals surface area (Å²) in [4.78, 5) is 12.8. The van der Waals surface area contributed by atoms with Crippen LogP contribution in [0.2, 0.25) is 5.02 Å². The van der Waals surface area contributed by atoms with Crippen molar-refractivity contribution in [2.45, 2.75) is 26.7 Å². The Morgan fingerprint density at radius 2 is 1.54 bits per heavy atom. The first-order chi connectivity index (χ1) is 13.5. The second-order valence-corrected chi connectivity index (χ2v) is 6.41. The lowest BCUT2D eigenvalue weighted by molar-refractivity contribution is 0.102. The van der Waals surface area contributed by atoms with Crippen LogP contribution in [0.25, 0.3) is 0 Å². The number of nitrogens with one attached hydrogen (secondary N) is 1. The van der Waals surface area contributed by atoms with Crippen LogP contribution in [0, 0.1) is 0 Å². The SMILES string of the molecule is CCCOc1ccc(C(=O)Nc2cc(OC)c(Cl)cc2OC)cc1OCCC. The molecule has 2 aromatic rings. The van der Waals surface area contributed by atoms with Gasteiger partial charge in [0.25, 0.3) is 5.91 Å². The van der Waals surface area contributed by atoms with Gasteiger partial charge in [0.05, 0.1) is 38.1 Å². The molecule has 0 aliphatic carbocycles. The molecular formula is C21H26ClNO5. The predicted molar refractivity (Wildman–Crippen MR) is 111 cm³/mol. The van der Waals surface area contributed by atoms with Gasteiger partial charge in [-0.3, -0.25) is 4.79 Å². The Morgan fingerprint density at radius 1 is 0.893 bits per heavy atom. The van der Waals surface area contributed by atoms with E-state index in [1.54, 1.807) is 30.3 Å². The Hall–Kier alpha value is -2.60. The van der Waals surface area contributed by atoms with Crippen LogP contribution in [-0.4, -0.2) is 33.3 Å². The van der Waals surface area contributed by atoms with Crippen molar-refractivity contribution >= 4 is 23.2 Å². The molecule has 0 saturated carbocycles. The molecule has 0 aromatic heterocycles. The molecular weight excluding hydrogens is 382 g/mol. The number of ether oxygens (including phenoxy) is 4. The molecule has 0 aliphatic rings. The fourth-order valence-corrected chi connectivity index (χ4v) is 2.69. The molecule has 28 heavy (non-hydrogen) atoms. The number of anilines is 1. The number of methoxy groups -OCH3 is 2. The molecule has 0 bridgehead atoms. The molecule has 2 rings (SSSR count). The fourth-order valence-electron chi connectivity index (χ4n) is 2.46. The maximum Gasteiger partial charge on any atom is 0.255 e. The normalized spacial score (nSPS) is 10.3. The van der Waals surface area contributed by atoms with E-state index in [0.717, 1.165) is 12.8 Å². The van der Waals surface area contributed by atoms with E-state index >= 15 is 0 Å². The van der Waals surface area contributed by atoms with Crippen molar-refractivity contribution in [3.05, 3.63) is 40.9 Å². The Morgan fingerprint density at radius 3 is 2.14 bits per heavy atom. The third-order valence-corrected chi connectivity index (χ3v) is 4.15. The van der Waals surface area contributed by atoms with Crippen LogP contribution in [-0.2, 0) is 0 Å². The number of hydrogen-bond acceptors (Lipinski definition) is 5. The summed E-state index contributed by atoms with van der Waals surface area (Å²) in [5.41, 5.74) is 0.891. The lowest BCUT2D eigenvalue weighted by Crippen LogP contribution is -2.13. The number of amides is 1. The predicted octanol–water partition coefficient (Wildman–Crippen LogP) is 5.19. The first kappa shape index (κ1) is 21.7. The first-order valence-corrected chi connectivity index (χ1v) is 9.54. The minimum atomic E-state index is -0.314. The van der Waals surface area contributed by atoms with E-state index < -0.39 is 0 Å². The summed E-state index contributed by atoms with van der Waals surface area (Å²) in [6, 6.07) is 8.32. The van der Waals surface area contributed by atoms with Crippen LogP contribution >= 0.6 is 11.6 Å². The Kier molecular flexibility index (Phi) is 8.26. The maximum absolute atomic E-state index is 12.8. The van der Waals surface area contributed by atoms with Crippen LogP contribution in [0.4, 0.5) is 5.69 Å². The Bertz CT molecular complexity index is 810. The van der Waals surface area contributed by atoms with Crippen LogP contribution in [0.1, 0.15) is 37.0 Å². The number of halogens is 1. The van der Waals surface area contributed by atoms with E-state index in [-0.39, 0.29) is 5.91 Å². The minimum Gasteiger partial charge on any atom is -0.495 e. The largest absolute Gasteiger partial charge is 0.495 e. The summed E-state index contributed by atoms with van der Waals surface area (Å²) in [6.07, 6.45) is 1.74. The van der Waals surface area contributed by atoms with Gasteiger partial charge < -0.3 is 24.3 Å². The molecule has 1 amide bonds. The number of carbonyl (C=O) groups is 1. The van der Waals surface area contributed by atoms with Crippen molar-refractivity contribution in [2.24, 2.45) is 0 Å². The molecule has 0 unspecified atom stereocenters. The number of rotatable bonds is 10. The lowest BCUT2D eigenvalue weighted by atomic mass is 10.1. The van der Waals surface area contributed by atoms with Crippen LogP contribution < -0.4 is 24.3 Å². The smallest absolute Gasteiger partial charge is 0.255 e. The second kappa shape index (κ2) is 10.7. The van der Waals surface area contributed by atoms with Crippen molar-refractivity contribution in [1.82, 2.24) is 0 Å². The number of benzene rings is 2.